The number of nitrogens with zero attached hydrogens (tertiary/aromatic N) is 1. The summed E-state index contributed by atoms with van der Waals surface area (Å²) in [5.74, 6) is 0. The molecule has 2 N–H and O–H groups in total. The number of rotatable bonds is 4. The maximum absolute atomic E-state index is 5.97. The molecule has 1 aromatic rings. The molecule has 94 valence electrons. The van der Waals surface area contributed by atoms with Crippen molar-refractivity contribution in [1.82, 2.24) is 4.90 Å². The molecule has 1 aromatic carbocycles. The molecule has 17 heavy (non-hydrogen) atoms. The van der Waals surface area contributed by atoms with Crippen LogP contribution < -0.4 is 5.73 Å². The highest BCUT2D eigenvalue weighted by atomic mass is 79.9. The third kappa shape index (κ3) is 2.72. The van der Waals surface area contributed by atoms with E-state index in [-0.39, 0.29) is 0 Å². The van der Waals surface area contributed by atoms with Gasteiger partial charge in [-0.25, -0.2) is 0 Å². The number of nitrogens with two attached hydrogens (primary N) is 1. The van der Waals surface area contributed by atoms with Crippen LogP contribution in [0.15, 0.2) is 22.7 Å². The molecule has 1 aliphatic carbocycles. The molecule has 3 heteroatoms. The van der Waals surface area contributed by atoms with Crippen molar-refractivity contribution in [3.63, 3.8) is 0 Å². The van der Waals surface area contributed by atoms with Crippen molar-refractivity contribution < 1.29 is 0 Å². The molecule has 1 atom stereocenters. The summed E-state index contributed by atoms with van der Waals surface area (Å²) in [4.78, 5) is 2.44. The third-order valence-corrected chi connectivity index (χ3v) is 4.57. The predicted molar refractivity (Wildman–Crippen MR) is 76.1 cm³/mol. The molecule has 1 fully saturated rings. The van der Waals surface area contributed by atoms with Gasteiger partial charge in [0.1, 0.15) is 0 Å². The summed E-state index contributed by atoms with van der Waals surface area (Å²) in [5.41, 5.74) is 8.56. The fraction of sp³-hybridized carbons (Fsp3) is 0.571. The summed E-state index contributed by atoms with van der Waals surface area (Å²) in [6.07, 6.45) is 3.99. The van der Waals surface area contributed by atoms with E-state index in [4.69, 9.17) is 5.73 Å². The molecule has 0 aromatic heterocycles. The number of aryl methyl sites for hydroxylation is 1. The van der Waals surface area contributed by atoms with Gasteiger partial charge in [-0.05, 0) is 44.0 Å². The number of likely N-dealkylation sites (N-methyl/N-ethyl adjacent to an activating group) is 1. The molecule has 1 saturated carbocycles. The maximum Gasteiger partial charge on any atom is 0.0481 e. The molecule has 0 amide bonds. The summed E-state index contributed by atoms with van der Waals surface area (Å²) in [6.45, 7) is 2.79. The van der Waals surface area contributed by atoms with Gasteiger partial charge in [-0.1, -0.05) is 34.5 Å². The van der Waals surface area contributed by atoms with Crippen LogP contribution in [0.4, 0.5) is 0 Å². The van der Waals surface area contributed by atoms with Crippen molar-refractivity contribution in [2.24, 2.45) is 5.73 Å². The molecule has 0 radical (unpaired) electrons. The normalized spacial score (nSPS) is 18.2. The molecule has 2 rings (SSSR count). The van der Waals surface area contributed by atoms with E-state index in [1.807, 2.05) is 0 Å². The van der Waals surface area contributed by atoms with E-state index in [2.05, 4.69) is 53.0 Å². The maximum atomic E-state index is 5.97. The van der Waals surface area contributed by atoms with Crippen molar-refractivity contribution in [3.8, 4) is 0 Å². The van der Waals surface area contributed by atoms with E-state index in [9.17, 15) is 0 Å². The van der Waals surface area contributed by atoms with Crippen LogP contribution in [0.3, 0.4) is 0 Å². The van der Waals surface area contributed by atoms with Crippen molar-refractivity contribution in [2.45, 2.75) is 38.3 Å². The lowest BCUT2D eigenvalue weighted by Gasteiger charge is -2.40. The molecular weight excluding hydrogens is 276 g/mol. The Morgan fingerprint density at radius 1 is 1.47 bits per heavy atom. The lowest BCUT2D eigenvalue weighted by molar-refractivity contribution is 0.113. The number of halogens is 1. The van der Waals surface area contributed by atoms with Gasteiger partial charge in [0.2, 0.25) is 0 Å². The average molecular weight is 297 g/mol. The van der Waals surface area contributed by atoms with Crippen LogP contribution in [0.1, 0.15) is 36.4 Å². The minimum atomic E-state index is 0.329. The SMILES string of the molecule is Cc1ccc(C(CN)N(C)C2CCC2)c(Br)c1. The van der Waals surface area contributed by atoms with Gasteiger partial charge in [0.15, 0.2) is 0 Å². The lowest BCUT2D eigenvalue weighted by Crippen LogP contribution is -2.42. The smallest absolute Gasteiger partial charge is 0.0481 e. The largest absolute Gasteiger partial charge is 0.329 e. The first-order valence-electron chi connectivity index (χ1n) is 6.31. The Morgan fingerprint density at radius 2 is 2.18 bits per heavy atom. The molecule has 0 aliphatic heterocycles. The van der Waals surface area contributed by atoms with Gasteiger partial charge in [0.25, 0.3) is 0 Å². The predicted octanol–water partition coefficient (Wildman–Crippen LogP) is 3.24. The highest BCUT2D eigenvalue weighted by molar-refractivity contribution is 9.10. The minimum Gasteiger partial charge on any atom is -0.329 e. The molecule has 0 bridgehead atoms. The van der Waals surface area contributed by atoms with Gasteiger partial charge in [-0.2, -0.15) is 0 Å². The Hall–Kier alpha value is -0.380. The monoisotopic (exact) mass is 296 g/mol. The van der Waals surface area contributed by atoms with Crippen molar-refractivity contribution in [2.75, 3.05) is 13.6 Å². The first-order chi connectivity index (χ1) is 8.13. The molecule has 1 unspecified atom stereocenters. The minimum absolute atomic E-state index is 0.329. The zero-order valence-electron chi connectivity index (χ0n) is 10.6. The van der Waals surface area contributed by atoms with Gasteiger partial charge < -0.3 is 5.73 Å². The van der Waals surface area contributed by atoms with Crippen molar-refractivity contribution in [3.05, 3.63) is 33.8 Å². The quantitative estimate of drug-likeness (QED) is 0.924. The summed E-state index contributed by atoms with van der Waals surface area (Å²) in [7, 11) is 2.20. The second-order valence-electron chi connectivity index (χ2n) is 5.03. The third-order valence-electron chi connectivity index (χ3n) is 3.88. The first-order valence-corrected chi connectivity index (χ1v) is 7.11. The van der Waals surface area contributed by atoms with Crippen molar-refractivity contribution >= 4 is 15.9 Å². The summed E-state index contributed by atoms with van der Waals surface area (Å²) in [5, 5.41) is 0. The zero-order chi connectivity index (χ0) is 12.4. The van der Waals surface area contributed by atoms with Gasteiger partial charge in [0, 0.05) is 23.1 Å². The zero-order valence-corrected chi connectivity index (χ0v) is 12.2. The lowest BCUT2D eigenvalue weighted by atomic mass is 9.89. The van der Waals surface area contributed by atoms with Crippen LogP contribution in [0.25, 0.3) is 0 Å². The first kappa shape index (κ1) is 13.1. The van der Waals surface area contributed by atoms with Gasteiger partial charge in [-0.15, -0.1) is 0 Å². The van der Waals surface area contributed by atoms with E-state index in [0.29, 0.717) is 12.6 Å². The van der Waals surface area contributed by atoms with Crippen LogP contribution in [0.2, 0.25) is 0 Å². The molecule has 0 spiro atoms. The highest BCUT2D eigenvalue weighted by Gasteiger charge is 2.28. The number of hydrogen-bond acceptors (Lipinski definition) is 2. The van der Waals surface area contributed by atoms with E-state index in [0.717, 1.165) is 6.04 Å². The van der Waals surface area contributed by atoms with Crippen LogP contribution in [-0.2, 0) is 0 Å². The Labute approximate surface area is 112 Å². The fourth-order valence-electron chi connectivity index (χ4n) is 2.46. The fourth-order valence-corrected chi connectivity index (χ4v) is 3.22. The Balaban J connectivity index is 2.21. The van der Waals surface area contributed by atoms with E-state index < -0.39 is 0 Å². The van der Waals surface area contributed by atoms with Gasteiger partial charge >= 0.3 is 0 Å². The second-order valence-corrected chi connectivity index (χ2v) is 5.88. The standard InChI is InChI=1S/C14H21BrN2/c1-10-6-7-12(13(15)8-10)14(9-16)17(2)11-4-3-5-11/h6-8,11,14H,3-5,9,16H2,1-2H3. The van der Waals surface area contributed by atoms with Crippen LogP contribution in [0.5, 0.6) is 0 Å². The van der Waals surface area contributed by atoms with Gasteiger partial charge in [-0.3, -0.25) is 4.90 Å². The van der Waals surface area contributed by atoms with E-state index in [1.54, 1.807) is 0 Å². The molecule has 1 aliphatic rings. The summed E-state index contributed by atoms with van der Waals surface area (Å²) < 4.78 is 1.18. The number of hydrogen-bond donors (Lipinski definition) is 1. The van der Waals surface area contributed by atoms with Crippen LogP contribution >= 0.6 is 15.9 Å². The van der Waals surface area contributed by atoms with Gasteiger partial charge in [0.05, 0.1) is 0 Å². The molecule has 0 saturated heterocycles. The Bertz CT molecular complexity index is 388. The molecule has 0 heterocycles. The topological polar surface area (TPSA) is 29.3 Å². The van der Waals surface area contributed by atoms with E-state index >= 15 is 0 Å². The molecular formula is C14H21BrN2. The Kier molecular flexibility index (Phi) is 4.23. The molecule has 2 nitrogen and oxygen atoms in total. The summed E-state index contributed by atoms with van der Waals surface area (Å²) >= 11 is 3.66. The number of benzene rings is 1. The highest BCUT2D eigenvalue weighted by Crippen LogP contribution is 2.33. The second kappa shape index (κ2) is 5.51. The van der Waals surface area contributed by atoms with Crippen LogP contribution in [-0.4, -0.2) is 24.5 Å². The summed E-state index contributed by atoms with van der Waals surface area (Å²) in [6, 6.07) is 7.59. The van der Waals surface area contributed by atoms with E-state index in [1.165, 1.54) is 34.9 Å². The average Bonchev–Trinajstić information content (AvgIpc) is 2.19. The Morgan fingerprint density at radius 3 is 2.65 bits per heavy atom. The van der Waals surface area contributed by atoms with Crippen LogP contribution in [0, 0.1) is 6.92 Å². The van der Waals surface area contributed by atoms with Crippen molar-refractivity contribution in [1.29, 1.82) is 0 Å².